The van der Waals surface area contributed by atoms with E-state index in [2.05, 4.69) is 6.92 Å². The molecule has 0 aliphatic carbocycles. The van der Waals surface area contributed by atoms with Crippen molar-refractivity contribution in [3.8, 4) is 0 Å². The van der Waals surface area contributed by atoms with E-state index in [4.69, 9.17) is 9.47 Å². The summed E-state index contributed by atoms with van der Waals surface area (Å²) >= 11 is 0. The molecule has 0 heterocycles. The number of hydrogen-bond donors (Lipinski definition) is 0. The summed E-state index contributed by atoms with van der Waals surface area (Å²) in [7, 11) is 0. The van der Waals surface area contributed by atoms with Gasteiger partial charge in [-0.25, -0.2) is 4.39 Å². The van der Waals surface area contributed by atoms with Crippen LogP contribution >= 0.6 is 0 Å². The second kappa shape index (κ2) is 19.8. The van der Waals surface area contributed by atoms with Crippen molar-refractivity contribution >= 4 is 11.9 Å². The van der Waals surface area contributed by atoms with Crippen molar-refractivity contribution in [1.29, 1.82) is 0 Å². The molecule has 1 rings (SSSR count). The third-order valence-electron chi connectivity index (χ3n) is 5.62. The minimum Gasteiger partial charge on any atom is -0.466 e. The molecule has 0 spiro atoms. The highest BCUT2D eigenvalue weighted by molar-refractivity contribution is 5.72. The fraction of sp³-hybridized carbons (Fsp3) is 0.704. The highest BCUT2D eigenvalue weighted by Gasteiger charge is 2.08. The summed E-state index contributed by atoms with van der Waals surface area (Å²) in [4.78, 5) is 23.5. The first-order valence-corrected chi connectivity index (χ1v) is 12.7. The molecular formula is C27H43FO4. The Kier molecular flexibility index (Phi) is 17.4. The van der Waals surface area contributed by atoms with E-state index in [1.165, 1.54) is 70.3 Å². The van der Waals surface area contributed by atoms with E-state index in [1.54, 1.807) is 18.2 Å². The lowest BCUT2D eigenvalue weighted by molar-refractivity contribution is -0.145. The minimum absolute atomic E-state index is 0.142. The Hall–Kier alpha value is -1.91. The van der Waals surface area contributed by atoms with Gasteiger partial charge in [-0.1, -0.05) is 95.8 Å². The number of ether oxygens (including phenoxy) is 2. The van der Waals surface area contributed by atoms with Crippen LogP contribution in [-0.4, -0.2) is 25.2 Å². The van der Waals surface area contributed by atoms with Crippen molar-refractivity contribution < 1.29 is 23.5 Å². The average molecular weight is 451 g/mol. The van der Waals surface area contributed by atoms with Crippen molar-refractivity contribution in [3.05, 3.63) is 35.6 Å². The molecule has 32 heavy (non-hydrogen) atoms. The van der Waals surface area contributed by atoms with Gasteiger partial charge in [0.15, 0.2) is 0 Å². The van der Waals surface area contributed by atoms with Crippen LogP contribution in [0.3, 0.4) is 0 Å². The normalized spacial score (nSPS) is 10.8. The summed E-state index contributed by atoms with van der Waals surface area (Å²) in [5, 5.41) is 0. The van der Waals surface area contributed by atoms with Gasteiger partial charge in [0.1, 0.15) is 5.82 Å². The van der Waals surface area contributed by atoms with E-state index in [0.717, 1.165) is 12.8 Å². The third-order valence-corrected chi connectivity index (χ3v) is 5.62. The van der Waals surface area contributed by atoms with Gasteiger partial charge in [-0.3, -0.25) is 9.59 Å². The fourth-order valence-corrected chi connectivity index (χ4v) is 3.63. The van der Waals surface area contributed by atoms with Crippen LogP contribution in [0.15, 0.2) is 24.3 Å². The lowest BCUT2D eigenvalue weighted by atomic mass is 10.1. The first-order chi connectivity index (χ1) is 15.6. The van der Waals surface area contributed by atoms with Gasteiger partial charge in [0.25, 0.3) is 0 Å². The van der Waals surface area contributed by atoms with E-state index < -0.39 is 0 Å². The molecule has 4 nitrogen and oxygen atoms in total. The Labute approximate surface area is 194 Å². The smallest absolute Gasteiger partial charge is 0.305 e. The lowest BCUT2D eigenvalue weighted by Gasteiger charge is -2.07. The quantitative estimate of drug-likeness (QED) is 0.154. The van der Waals surface area contributed by atoms with Crippen molar-refractivity contribution in [2.45, 2.75) is 110 Å². The molecule has 182 valence electrons. The first kappa shape index (κ1) is 28.1. The Bertz CT molecular complexity index is 617. The van der Waals surface area contributed by atoms with Crippen LogP contribution in [0.5, 0.6) is 0 Å². The van der Waals surface area contributed by atoms with Crippen molar-refractivity contribution in [3.63, 3.8) is 0 Å². The molecule has 0 saturated heterocycles. The van der Waals surface area contributed by atoms with Gasteiger partial charge >= 0.3 is 11.9 Å². The third kappa shape index (κ3) is 15.8. The van der Waals surface area contributed by atoms with E-state index in [0.29, 0.717) is 25.0 Å². The molecular weight excluding hydrogens is 407 g/mol. The van der Waals surface area contributed by atoms with E-state index in [9.17, 15) is 14.0 Å². The topological polar surface area (TPSA) is 52.6 Å². The lowest BCUT2D eigenvalue weighted by Crippen LogP contribution is -2.10. The number of esters is 2. The van der Waals surface area contributed by atoms with Crippen molar-refractivity contribution in [2.24, 2.45) is 0 Å². The number of halogens is 1. The molecule has 1 aromatic carbocycles. The molecule has 0 atom stereocenters. The van der Waals surface area contributed by atoms with Crippen LogP contribution in [0.4, 0.5) is 4.39 Å². The zero-order chi connectivity index (χ0) is 23.3. The summed E-state index contributed by atoms with van der Waals surface area (Å²) in [6.45, 7) is 2.85. The fourth-order valence-electron chi connectivity index (χ4n) is 3.63. The number of carbonyl (C=O) groups is 2. The zero-order valence-electron chi connectivity index (χ0n) is 20.0. The molecule has 0 saturated carbocycles. The van der Waals surface area contributed by atoms with Crippen molar-refractivity contribution in [2.75, 3.05) is 13.2 Å². The second-order valence-electron chi connectivity index (χ2n) is 8.52. The van der Waals surface area contributed by atoms with Crippen LogP contribution in [0, 0.1) is 5.82 Å². The Balaban J connectivity index is 1.86. The number of benzene rings is 1. The van der Waals surface area contributed by atoms with E-state index in [-0.39, 0.29) is 37.2 Å². The SMILES string of the molecule is CCCCCCCCCCCCCCOC(=O)CCCC(=O)OCCc1ccccc1F. The number of rotatable bonds is 20. The molecule has 0 aliphatic heterocycles. The summed E-state index contributed by atoms with van der Waals surface area (Å²) in [6.07, 6.45) is 16.5. The van der Waals surface area contributed by atoms with Gasteiger partial charge in [0, 0.05) is 19.3 Å². The number of carbonyl (C=O) groups excluding carboxylic acids is 2. The van der Waals surface area contributed by atoms with E-state index >= 15 is 0 Å². The summed E-state index contributed by atoms with van der Waals surface area (Å²) in [5.74, 6) is -0.915. The van der Waals surface area contributed by atoms with Crippen LogP contribution in [0.25, 0.3) is 0 Å². The van der Waals surface area contributed by atoms with Crippen LogP contribution < -0.4 is 0 Å². The summed E-state index contributed by atoms with van der Waals surface area (Å²) in [6, 6.07) is 6.45. The molecule has 1 aromatic rings. The predicted molar refractivity (Wildman–Crippen MR) is 127 cm³/mol. The number of unbranched alkanes of at least 4 members (excludes halogenated alkanes) is 11. The van der Waals surface area contributed by atoms with E-state index in [1.807, 2.05) is 0 Å². The molecule has 0 amide bonds. The average Bonchev–Trinajstić information content (AvgIpc) is 2.78. The van der Waals surface area contributed by atoms with Crippen LogP contribution in [0.1, 0.15) is 109 Å². The zero-order valence-corrected chi connectivity index (χ0v) is 20.0. The number of hydrogen-bond acceptors (Lipinski definition) is 4. The highest BCUT2D eigenvalue weighted by Crippen LogP contribution is 2.12. The molecule has 0 fully saturated rings. The largest absolute Gasteiger partial charge is 0.466 e. The highest BCUT2D eigenvalue weighted by atomic mass is 19.1. The van der Waals surface area contributed by atoms with Gasteiger partial charge in [-0.05, 0) is 24.5 Å². The second-order valence-corrected chi connectivity index (χ2v) is 8.52. The van der Waals surface area contributed by atoms with Gasteiger partial charge in [-0.15, -0.1) is 0 Å². The molecule has 0 N–H and O–H groups in total. The molecule has 0 unspecified atom stereocenters. The van der Waals surface area contributed by atoms with Crippen LogP contribution in [0.2, 0.25) is 0 Å². The molecule has 0 aromatic heterocycles. The Morgan fingerprint density at radius 1 is 0.688 bits per heavy atom. The monoisotopic (exact) mass is 450 g/mol. The Morgan fingerprint density at radius 3 is 1.75 bits per heavy atom. The predicted octanol–water partition coefficient (Wildman–Crippen LogP) is 7.33. The van der Waals surface area contributed by atoms with Crippen molar-refractivity contribution in [1.82, 2.24) is 0 Å². The minimum atomic E-state index is -0.366. The van der Waals surface area contributed by atoms with Gasteiger partial charge < -0.3 is 9.47 Å². The summed E-state index contributed by atoms with van der Waals surface area (Å²) in [5.41, 5.74) is 0.529. The maximum absolute atomic E-state index is 13.5. The Morgan fingerprint density at radius 2 is 1.19 bits per heavy atom. The summed E-state index contributed by atoms with van der Waals surface area (Å²) < 4.78 is 23.8. The molecule has 0 radical (unpaired) electrons. The maximum atomic E-state index is 13.5. The van der Waals surface area contributed by atoms with Crippen LogP contribution in [-0.2, 0) is 25.5 Å². The first-order valence-electron chi connectivity index (χ1n) is 12.7. The standard InChI is InChI=1S/C27H43FO4/c1-2-3-4-5-6-7-8-9-10-11-12-15-22-31-26(29)19-16-20-27(30)32-23-21-24-17-13-14-18-25(24)28/h13-14,17-18H,2-12,15-16,19-23H2,1H3. The maximum Gasteiger partial charge on any atom is 0.305 e. The van der Waals surface area contributed by atoms with Gasteiger partial charge in [0.05, 0.1) is 13.2 Å². The molecule has 5 heteroatoms. The van der Waals surface area contributed by atoms with Gasteiger partial charge in [-0.2, -0.15) is 0 Å². The molecule has 0 bridgehead atoms. The molecule has 0 aliphatic rings. The van der Waals surface area contributed by atoms with Gasteiger partial charge in [0.2, 0.25) is 0 Å².